The van der Waals surface area contributed by atoms with E-state index in [2.05, 4.69) is 20.4 Å². The van der Waals surface area contributed by atoms with E-state index in [1.54, 1.807) is 19.1 Å². The molecule has 0 radical (unpaired) electrons. The van der Waals surface area contributed by atoms with E-state index >= 15 is 0 Å². The smallest absolute Gasteiger partial charge is 0.338 e. The molecular formula is C25H27ClN4O4. The third-order valence-corrected chi connectivity index (χ3v) is 6.22. The number of amides is 1. The predicted octanol–water partition coefficient (Wildman–Crippen LogP) is 4.73. The molecule has 2 heterocycles. The summed E-state index contributed by atoms with van der Waals surface area (Å²) in [6, 6.07) is 12.7. The highest BCUT2D eigenvalue weighted by molar-refractivity contribution is 6.34. The summed E-state index contributed by atoms with van der Waals surface area (Å²) in [6.45, 7) is 6.08. The van der Waals surface area contributed by atoms with E-state index in [4.69, 9.17) is 20.9 Å². The van der Waals surface area contributed by atoms with Crippen LogP contribution >= 0.6 is 11.6 Å². The van der Waals surface area contributed by atoms with Crippen LogP contribution in [0.3, 0.4) is 0 Å². The Balaban J connectivity index is 1.29. The zero-order valence-electron chi connectivity index (χ0n) is 19.2. The van der Waals surface area contributed by atoms with Crippen molar-refractivity contribution in [2.75, 3.05) is 25.0 Å². The van der Waals surface area contributed by atoms with Crippen molar-refractivity contribution < 1.29 is 18.8 Å². The molecular weight excluding hydrogens is 456 g/mol. The first kappa shape index (κ1) is 23.9. The molecule has 9 heteroatoms. The van der Waals surface area contributed by atoms with Gasteiger partial charge in [-0.15, -0.1) is 0 Å². The van der Waals surface area contributed by atoms with Crippen LogP contribution in [-0.4, -0.2) is 46.6 Å². The molecule has 0 bridgehead atoms. The third-order valence-electron chi connectivity index (χ3n) is 5.91. The summed E-state index contributed by atoms with van der Waals surface area (Å²) in [4.78, 5) is 31.4. The molecule has 1 aliphatic rings. The maximum atomic E-state index is 12.8. The maximum absolute atomic E-state index is 12.8. The van der Waals surface area contributed by atoms with Crippen molar-refractivity contribution in [3.8, 4) is 11.4 Å². The molecule has 1 aromatic heterocycles. The number of carbonyl (C=O) groups is 2. The van der Waals surface area contributed by atoms with Gasteiger partial charge in [0.05, 0.1) is 29.4 Å². The lowest BCUT2D eigenvalue weighted by Gasteiger charge is -2.30. The molecule has 1 aliphatic heterocycles. The van der Waals surface area contributed by atoms with Crippen LogP contribution in [0.5, 0.6) is 0 Å². The van der Waals surface area contributed by atoms with E-state index in [1.165, 1.54) is 6.07 Å². The molecule has 1 saturated heterocycles. The summed E-state index contributed by atoms with van der Waals surface area (Å²) >= 11 is 6.27. The standard InChI is InChI=1S/C25H27ClN4O4/c1-3-33-25(32)18-8-9-21(20(26)14-18)27-24(31)17-10-12-30(13-11-17)15-22-28-23(29-34-22)19-7-5-4-6-16(19)2/h4-9,14,17H,3,10-13,15H2,1-2H3,(H,27,31). The van der Waals surface area contributed by atoms with Crippen molar-refractivity contribution in [3.63, 3.8) is 0 Å². The summed E-state index contributed by atoms with van der Waals surface area (Å²) in [5.74, 6) is 0.511. The van der Waals surface area contributed by atoms with Crippen LogP contribution in [0.25, 0.3) is 11.4 Å². The molecule has 0 atom stereocenters. The predicted molar refractivity (Wildman–Crippen MR) is 129 cm³/mol. The zero-order chi connectivity index (χ0) is 24.1. The highest BCUT2D eigenvalue weighted by Gasteiger charge is 2.26. The minimum Gasteiger partial charge on any atom is -0.462 e. The van der Waals surface area contributed by atoms with E-state index in [1.807, 2.05) is 31.2 Å². The number of anilines is 1. The van der Waals surface area contributed by atoms with Gasteiger partial charge in [-0.1, -0.05) is 41.0 Å². The molecule has 34 heavy (non-hydrogen) atoms. The number of benzene rings is 2. The van der Waals surface area contributed by atoms with Crippen molar-refractivity contribution in [1.29, 1.82) is 0 Å². The van der Waals surface area contributed by atoms with E-state index < -0.39 is 5.97 Å². The van der Waals surface area contributed by atoms with Crippen molar-refractivity contribution in [2.24, 2.45) is 5.92 Å². The van der Waals surface area contributed by atoms with Gasteiger partial charge in [-0.25, -0.2) is 4.79 Å². The van der Waals surface area contributed by atoms with Crippen LogP contribution in [0.4, 0.5) is 5.69 Å². The summed E-state index contributed by atoms with van der Waals surface area (Å²) in [5.41, 5.74) is 2.89. The second kappa shape index (κ2) is 10.8. The van der Waals surface area contributed by atoms with Gasteiger partial charge in [0.15, 0.2) is 0 Å². The third kappa shape index (κ3) is 5.63. The monoisotopic (exact) mass is 482 g/mol. The van der Waals surface area contributed by atoms with Gasteiger partial charge in [-0.3, -0.25) is 9.69 Å². The second-order valence-corrected chi connectivity index (χ2v) is 8.69. The number of hydrogen-bond donors (Lipinski definition) is 1. The summed E-state index contributed by atoms with van der Waals surface area (Å²) in [7, 11) is 0. The topological polar surface area (TPSA) is 97.6 Å². The number of nitrogens with zero attached hydrogens (tertiary/aromatic N) is 3. The van der Waals surface area contributed by atoms with E-state index in [9.17, 15) is 9.59 Å². The molecule has 0 spiro atoms. The van der Waals surface area contributed by atoms with E-state index in [0.717, 1.165) is 24.2 Å². The molecule has 8 nitrogen and oxygen atoms in total. The fourth-order valence-corrected chi connectivity index (χ4v) is 4.22. The molecule has 0 aliphatic carbocycles. The van der Waals surface area contributed by atoms with Gasteiger partial charge in [0, 0.05) is 11.5 Å². The van der Waals surface area contributed by atoms with Gasteiger partial charge in [-0.05, 0) is 63.5 Å². The number of ether oxygens (including phenoxy) is 1. The highest BCUT2D eigenvalue weighted by Crippen LogP contribution is 2.27. The fraction of sp³-hybridized carbons (Fsp3) is 0.360. The maximum Gasteiger partial charge on any atom is 0.338 e. The molecule has 3 aromatic rings. The number of nitrogens with one attached hydrogen (secondary N) is 1. The van der Waals surface area contributed by atoms with Crippen LogP contribution in [0, 0.1) is 12.8 Å². The van der Waals surface area contributed by atoms with Gasteiger partial charge in [0.2, 0.25) is 17.6 Å². The average molecular weight is 483 g/mol. The first-order chi connectivity index (χ1) is 16.4. The molecule has 1 N–H and O–H groups in total. The number of likely N-dealkylation sites (tertiary alicyclic amines) is 1. The molecule has 1 amide bonds. The van der Waals surface area contributed by atoms with Gasteiger partial charge in [0.1, 0.15) is 0 Å². The Bertz CT molecular complexity index is 1170. The quantitative estimate of drug-likeness (QED) is 0.486. The Labute approximate surface area is 203 Å². The largest absolute Gasteiger partial charge is 0.462 e. The second-order valence-electron chi connectivity index (χ2n) is 8.28. The van der Waals surface area contributed by atoms with Gasteiger partial charge < -0.3 is 14.6 Å². The minimum absolute atomic E-state index is 0.0786. The van der Waals surface area contributed by atoms with Crippen LogP contribution < -0.4 is 5.32 Å². The first-order valence-corrected chi connectivity index (χ1v) is 11.7. The molecule has 0 saturated carbocycles. The Morgan fingerprint density at radius 3 is 2.68 bits per heavy atom. The summed E-state index contributed by atoms with van der Waals surface area (Å²) in [5, 5.41) is 7.31. The van der Waals surface area contributed by atoms with E-state index in [-0.39, 0.29) is 18.4 Å². The van der Waals surface area contributed by atoms with E-state index in [0.29, 0.717) is 47.4 Å². The number of aromatic nitrogens is 2. The van der Waals surface area contributed by atoms with Gasteiger partial charge in [0.25, 0.3) is 0 Å². The SMILES string of the molecule is CCOC(=O)c1ccc(NC(=O)C2CCN(Cc3nc(-c4ccccc4C)no3)CC2)c(Cl)c1. The first-order valence-electron chi connectivity index (χ1n) is 11.3. The molecule has 178 valence electrons. The van der Waals surface area contributed by atoms with Crippen molar-refractivity contribution >= 4 is 29.2 Å². The lowest BCUT2D eigenvalue weighted by Crippen LogP contribution is -2.37. The lowest BCUT2D eigenvalue weighted by atomic mass is 9.96. The van der Waals surface area contributed by atoms with Crippen LogP contribution in [0.1, 0.15) is 41.6 Å². The number of esters is 1. The van der Waals surface area contributed by atoms with Crippen molar-refractivity contribution in [3.05, 3.63) is 64.5 Å². The number of piperidine rings is 1. The molecule has 4 rings (SSSR count). The normalized spacial score (nSPS) is 14.7. The number of hydrogen-bond acceptors (Lipinski definition) is 7. The van der Waals surface area contributed by atoms with Crippen LogP contribution in [0.2, 0.25) is 5.02 Å². The Hall–Kier alpha value is -3.23. The molecule has 1 fully saturated rings. The van der Waals surface area contributed by atoms with Crippen molar-refractivity contribution in [1.82, 2.24) is 15.0 Å². The molecule has 0 unspecified atom stereocenters. The Kier molecular flexibility index (Phi) is 7.59. The summed E-state index contributed by atoms with van der Waals surface area (Å²) in [6.07, 6.45) is 1.42. The number of aryl methyl sites for hydroxylation is 1. The van der Waals surface area contributed by atoms with Crippen LogP contribution in [0.15, 0.2) is 47.0 Å². The Morgan fingerprint density at radius 2 is 1.97 bits per heavy atom. The Morgan fingerprint density at radius 1 is 1.21 bits per heavy atom. The summed E-state index contributed by atoms with van der Waals surface area (Å²) < 4.78 is 10.4. The fourth-order valence-electron chi connectivity index (χ4n) is 3.99. The molecule has 2 aromatic carbocycles. The number of rotatable bonds is 7. The van der Waals surface area contributed by atoms with Gasteiger partial charge >= 0.3 is 5.97 Å². The minimum atomic E-state index is -0.443. The van der Waals surface area contributed by atoms with Crippen LogP contribution in [-0.2, 0) is 16.1 Å². The zero-order valence-corrected chi connectivity index (χ0v) is 20.0. The number of halogens is 1. The van der Waals surface area contributed by atoms with Gasteiger partial charge in [-0.2, -0.15) is 4.98 Å². The van der Waals surface area contributed by atoms with Crippen molar-refractivity contribution in [2.45, 2.75) is 33.2 Å². The number of carbonyl (C=O) groups excluding carboxylic acids is 2. The average Bonchev–Trinajstić information content (AvgIpc) is 3.29. The lowest BCUT2D eigenvalue weighted by molar-refractivity contribution is -0.121. The highest BCUT2D eigenvalue weighted by atomic mass is 35.5.